The van der Waals surface area contributed by atoms with Gasteiger partial charge in [0.1, 0.15) is 17.3 Å². The van der Waals surface area contributed by atoms with Crippen molar-refractivity contribution in [2.75, 3.05) is 0 Å². The standard InChI is InChI=1S/C22H34ClN3/c1-4-5-6-7-8-9-10-11-20-24-21(26-22(2,3)25-20)17-14-18-12-15-19(23)16-13-18/h12-13,15-16H,4-11,14,17H2,1-3H3,(H,24,25,26). The zero-order valence-electron chi connectivity index (χ0n) is 16.7. The first-order valence-corrected chi connectivity index (χ1v) is 10.6. The summed E-state index contributed by atoms with van der Waals surface area (Å²) in [7, 11) is 0. The summed E-state index contributed by atoms with van der Waals surface area (Å²) >= 11 is 5.96. The van der Waals surface area contributed by atoms with E-state index in [9.17, 15) is 0 Å². The van der Waals surface area contributed by atoms with E-state index in [0.717, 1.165) is 36.0 Å². The first-order chi connectivity index (χ1) is 12.5. The Labute approximate surface area is 164 Å². The Hall–Kier alpha value is -1.35. The quantitative estimate of drug-likeness (QED) is 0.437. The second-order valence-electron chi connectivity index (χ2n) is 7.73. The van der Waals surface area contributed by atoms with Crippen LogP contribution in [0.2, 0.25) is 5.02 Å². The van der Waals surface area contributed by atoms with Crippen molar-refractivity contribution < 1.29 is 0 Å². The number of nitrogens with one attached hydrogen (secondary N) is 1. The molecule has 3 nitrogen and oxygen atoms in total. The van der Waals surface area contributed by atoms with E-state index in [-0.39, 0.29) is 5.66 Å². The molecule has 4 heteroatoms. The molecule has 1 aromatic carbocycles. The van der Waals surface area contributed by atoms with Crippen LogP contribution in [0.4, 0.5) is 0 Å². The molecule has 0 spiro atoms. The summed E-state index contributed by atoms with van der Waals surface area (Å²) in [4.78, 5) is 9.55. The van der Waals surface area contributed by atoms with Crippen LogP contribution in [0.5, 0.6) is 0 Å². The van der Waals surface area contributed by atoms with Crippen LogP contribution in [0.3, 0.4) is 0 Å². The summed E-state index contributed by atoms with van der Waals surface area (Å²) in [5.41, 5.74) is 0.935. The number of aryl methyl sites for hydroxylation is 1. The number of amidine groups is 2. The highest BCUT2D eigenvalue weighted by atomic mass is 35.5. The third-order valence-electron chi connectivity index (χ3n) is 4.69. The molecule has 0 atom stereocenters. The maximum absolute atomic E-state index is 5.96. The first-order valence-electron chi connectivity index (χ1n) is 10.2. The lowest BCUT2D eigenvalue weighted by atomic mass is 10.1. The molecule has 0 radical (unpaired) electrons. The van der Waals surface area contributed by atoms with Gasteiger partial charge in [0, 0.05) is 17.9 Å². The third kappa shape index (κ3) is 7.90. The van der Waals surface area contributed by atoms with Crippen LogP contribution in [0.25, 0.3) is 0 Å². The van der Waals surface area contributed by atoms with E-state index in [4.69, 9.17) is 21.6 Å². The maximum atomic E-state index is 5.96. The first kappa shape index (κ1) is 21.0. The monoisotopic (exact) mass is 375 g/mol. The molecule has 1 aliphatic heterocycles. The van der Waals surface area contributed by atoms with Gasteiger partial charge in [-0.15, -0.1) is 0 Å². The average Bonchev–Trinajstić information content (AvgIpc) is 2.59. The van der Waals surface area contributed by atoms with Crippen molar-refractivity contribution in [1.82, 2.24) is 5.32 Å². The van der Waals surface area contributed by atoms with Crippen LogP contribution in [0.1, 0.15) is 84.1 Å². The SMILES string of the molecule is CCCCCCCCCC1=NC(C)(C)N=C(CCc2ccc(Cl)cc2)N1. The largest absolute Gasteiger partial charge is 0.332 e. The Morgan fingerprint density at radius 2 is 1.38 bits per heavy atom. The molecule has 1 aromatic rings. The molecule has 2 rings (SSSR count). The molecule has 0 aromatic heterocycles. The fourth-order valence-electron chi connectivity index (χ4n) is 3.31. The van der Waals surface area contributed by atoms with Gasteiger partial charge in [0.2, 0.25) is 0 Å². The van der Waals surface area contributed by atoms with Gasteiger partial charge in [0.05, 0.1) is 0 Å². The summed E-state index contributed by atoms with van der Waals surface area (Å²) in [6.07, 6.45) is 12.2. The van der Waals surface area contributed by atoms with E-state index in [1.807, 2.05) is 12.1 Å². The molecule has 0 saturated heterocycles. The lowest BCUT2D eigenvalue weighted by molar-refractivity contribution is 0.533. The Morgan fingerprint density at radius 1 is 0.808 bits per heavy atom. The minimum Gasteiger partial charge on any atom is -0.332 e. The lowest BCUT2D eigenvalue weighted by Gasteiger charge is -2.26. The number of halogens is 1. The van der Waals surface area contributed by atoms with Crippen LogP contribution in [-0.4, -0.2) is 17.3 Å². The van der Waals surface area contributed by atoms with Gasteiger partial charge in [-0.2, -0.15) is 0 Å². The van der Waals surface area contributed by atoms with Crippen molar-refractivity contribution in [1.29, 1.82) is 0 Å². The van der Waals surface area contributed by atoms with Crippen LogP contribution in [-0.2, 0) is 6.42 Å². The summed E-state index contributed by atoms with van der Waals surface area (Å²) < 4.78 is 0. The van der Waals surface area contributed by atoms with Crippen molar-refractivity contribution in [3.63, 3.8) is 0 Å². The van der Waals surface area contributed by atoms with Crippen molar-refractivity contribution in [3.05, 3.63) is 34.9 Å². The third-order valence-corrected chi connectivity index (χ3v) is 4.94. The maximum Gasteiger partial charge on any atom is 0.148 e. The number of rotatable bonds is 11. The Bertz CT molecular complexity index is 602. The molecule has 0 aliphatic carbocycles. The normalized spacial score (nSPS) is 16.0. The van der Waals surface area contributed by atoms with Crippen LogP contribution < -0.4 is 5.32 Å². The topological polar surface area (TPSA) is 36.8 Å². The zero-order valence-corrected chi connectivity index (χ0v) is 17.4. The zero-order chi connectivity index (χ0) is 18.8. The van der Waals surface area contributed by atoms with Crippen molar-refractivity contribution >= 4 is 23.3 Å². The molecule has 0 saturated carbocycles. The Kier molecular flexibility index (Phi) is 8.64. The van der Waals surface area contributed by atoms with E-state index in [1.165, 1.54) is 50.5 Å². The Morgan fingerprint density at radius 3 is 2.04 bits per heavy atom. The molecule has 1 aliphatic rings. The van der Waals surface area contributed by atoms with Crippen molar-refractivity contribution in [2.45, 2.75) is 90.6 Å². The summed E-state index contributed by atoms with van der Waals surface area (Å²) in [6.45, 7) is 6.43. The highest BCUT2D eigenvalue weighted by Gasteiger charge is 2.22. The predicted molar refractivity (Wildman–Crippen MR) is 114 cm³/mol. The number of hydrogen-bond acceptors (Lipinski definition) is 3. The highest BCUT2D eigenvalue weighted by molar-refractivity contribution is 6.30. The fraction of sp³-hybridized carbons (Fsp3) is 0.636. The van der Waals surface area contributed by atoms with Gasteiger partial charge in [-0.1, -0.05) is 69.2 Å². The molecule has 0 amide bonds. The van der Waals surface area contributed by atoms with Gasteiger partial charge < -0.3 is 5.32 Å². The van der Waals surface area contributed by atoms with Gasteiger partial charge in [-0.3, -0.25) is 0 Å². The summed E-state index contributed by atoms with van der Waals surface area (Å²) in [5, 5.41) is 4.26. The van der Waals surface area contributed by atoms with Gasteiger partial charge >= 0.3 is 0 Å². The molecule has 144 valence electrons. The van der Waals surface area contributed by atoms with Crippen LogP contribution in [0.15, 0.2) is 34.3 Å². The molecular weight excluding hydrogens is 342 g/mol. The predicted octanol–water partition coefficient (Wildman–Crippen LogP) is 6.55. The lowest BCUT2D eigenvalue weighted by Crippen LogP contribution is -2.39. The highest BCUT2D eigenvalue weighted by Crippen LogP contribution is 2.19. The number of aliphatic imine (C=N–C) groups is 2. The molecule has 26 heavy (non-hydrogen) atoms. The van der Waals surface area contributed by atoms with E-state index in [2.05, 4.69) is 38.2 Å². The van der Waals surface area contributed by atoms with Crippen LogP contribution >= 0.6 is 11.6 Å². The van der Waals surface area contributed by atoms with E-state index >= 15 is 0 Å². The number of unbranched alkanes of at least 4 members (excludes halogenated alkanes) is 6. The molecular formula is C22H34ClN3. The second kappa shape index (κ2) is 10.7. The average molecular weight is 376 g/mol. The van der Waals surface area contributed by atoms with Gasteiger partial charge in [-0.25, -0.2) is 9.98 Å². The van der Waals surface area contributed by atoms with Crippen molar-refractivity contribution in [2.24, 2.45) is 9.98 Å². The Balaban J connectivity index is 1.76. The molecule has 0 unspecified atom stereocenters. The molecule has 0 fully saturated rings. The smallest absolute Gasteiger partial charge is 0.148 e. The fourth-order valence-corrected chi connectivity index (χ4v) is 3.43. The summed E-state index contributed by atoms with van der Waals surface area (Å²) in [6, 6.07) is 8.07. The minimum absolute atomic E-state index is 0.350. The van der Waals surface area contributed by atoms with Gasteiger partial charge in [0.15, 0.2) is 0 Å². The van der Waals surface area contributed by atoms with Crippen molar-refractivity contribution in [3.8, 4) is 0 Å². The van der Waals surface area contributed by atoms with Gasteiger partial charge in [-0.05, 0) is 44.4 Å². The number of hydrogen-bond donors (Lipinski definition) is 1. The number of benzene rings is 1. The van der Waals surface area contributed by atoms with E-state index in [0.29, 0.717) is 0 Å². The minimum atomic E-state index is -0.350. The summed E-state index contributed by atoms with van der Waals surface area (Å²) in [5.74, 6) is 2.16. The van der Waals surface area contributed by atoms with E-state index < -0.39 is 0 Å². The molecule has 1 heterocycles. The second-order valence-corrected chi connectivity index (χ2v) is 8.17. The van der Waals surface area contributed by atoms with Gasteiger partial charge in [0.25, 0.3) is 0 Å². The number of nitrogens with zero attached hydrogens (tertiary/aromatic N) is 2. The molecule has 1 N–H and O–H groups in total. The molecule has 0 bridgehead atoms. The van der Waals surface area contributed by atoms with Crippen LogP contribution in [0, 0.1) is 0 Å². The van der Waals surface area contributed by atoms with E-state index in [1.54, 1.807) is 0 Å².